The van der Waals surface area contributed by atoms with Crippen LogP contribution >= 0.6 is 23.6 Å². The van der Waals surface area contributed by atoms with Crippen molar-refractivity contribution in [3.63, 3.8) is 0 Å². The molecule has 0 saturated heterocycles. The number of rotatable bonds is 5. The number of carbonyl (C=O) groups excluding carboxylic acids is 2. The molecule has 0 fully saturated rings. The van der Waals surface area contributed by atoms with Gasteiger partial charge < -0.3 is 0 Å². The molecule has 0 radical (unpaired) electrons. The lowest BCUT2D eigenvalue weighted by Gasteiger charge is -2.09. The molecule has 2 rings (SSSR count). The number of hydrogen-bond acceptors (Lipinski definition) is 4. The van der Waals surface area contributed by atoms with Crippen molar-refractivity contribution in [1.29, 1.82) is 0 Å². The molecule has 2 aromatic rings. The minimum atomic E-state index is -0.372. The Kier molecular flexibility index (Phi) is 7.50. The number of amides is 2. The summed E-state index contributed by atoms with van der Waals surface area (Å²) in [5, 5.41) is 4.42. The number of thiophene rings is 1. The molecule has 0 aliphatic rings. The fourth-order valence-corrected chi connectivity index (χ4v) is 2.95. The number of carbonyl (C=O) groups is 2. The largest absolute Gasteiger partial charge is 0.298 e. The van der Waals surface area contributed by atoms with Crippen molar-refractivity contribution in [2.24, 2.45) is 0 Å². The molecule has 0 aliphatic carbocycles. The van der Waals surface area contributed by atoms with Gasteiger partial charge in [-0.25, -0.2) is 0 Å². The summed E-state index contributed by atoms with van der Waals surface area (Å²) in [6.07, 6.45) is 3.36. The highest BCUT2D eigenvalue weighted by atomic mass is 32.1. The van der Waals surface area contributed by atoms with Crippen LogP contribution in [0.1, 0.15) is 35.8 Å². The number of benzene rings is 1. The van der Waals surface area contributed by atoms with Gasteiger partial charge in [-0.3, -0.25) is 25.8 Å². The fourth-order valence-electron chi connectivity index (χ4n) is 2.09. The number of hydrazine groups is 1. The first-order valence-corrected chi connectivity index (χ1v) is 9.43. The zero-order valence-corrected chi connectivity index (χ0v) is 16.2. The summed E-state index contributed by atoms with van der Waals surface area (Å²) >= 11 is 6.49. The number of nitrogens with one attached hydrogen (secondary N) is 3. The maximum Gasteiger partial charge on any atom is 0.250 e. The zero-order valence-electron chi connectivity index (χ0n) is 14.6. The molecular formula is C19H21N3O2S2. The minimum absolute atomic E-state index is 0.0364. The maximum atomic E-state index is 11.9. The molecule has 0 saturated carbocycles. The molecule has 136 valence electrons. The second-order valence-electron chi connectivity index (χ2n) is 5.90. The smallest absolute Gasteiger partial charge is 0.250 e. The third kappa shape index (κ3) is 6.78. The SMILES string of the molecule is CC(C)c1ccc(C=CC(=O)NC(=S)NNC(=O)Cc2cccs2)cc1. The predicted octanol–water partition coefficient (Wildman–Crippen LogP) is 3.15. The first-order chi connectivity index (χ1) is 12.4. The number of thiocarbonyl (C=S) groups is 1. The van der Waals surface area contributed by atoms with Gasteiger partial charge in [-0.2, -0.15) is 0 Å². The highest BCUT2D eigenvalue weighted by molar-refractivity contribution is 7.80. The topological polar surface area (TPSA) is 70.2 Å². The molecule has 0 atom stereocenters. The molecule has 0 aliphatic heterocycles. The Hall–Kier alpha value is -2.51. The summed E-state index contributed by atoms with van der Waals surface area (Å²) in [6.45, 7) is 4.26. The van der Waals surface area contributed by atoms with Crippen LogP contribution in [0.25, 0.3) is 6.08 Å². The monoisotopic (exact) mass is 387 g/mol. The highest BCUT2D eigenvalue weighted by Crippen LogP contribution is 2.15. The summed E-state index contributed by atoms with van der Waals surface area (Å²) < 4.78 is 0. The standard InChI is InChI=1S/C19H21N3O2S2/c1-13(2)15-8-5-14(6-9-15)7-10-17(23)20-19(25)22-21-18(24)12-16-4-3-11-26-16/h3-11,13H,12H2,1-2H3,(H,21,24)(H2,20,22,23,25). The summed E-state index contributed by atoms with van der Waals surface area (Å²) in [7, 11) is 0. The van der Waals surface area contributed by atoms with Gasteiger partial charge in [-0.15, -0.1) is 11.3 Å². The normalized spacial score (nSPS) is 10.7. The lowest BCUT2D eigenvalue weighted by atomic mass is 10.0. The number of hydrogen-bond donors (Lipinski definition) is 3. The van der Waals surface area contributed by atoms with Gasteiger partial charge >= 0.3 is 0 Å². The van der Waals surface area contributed by atoms with Crippen LogP contribution in [0.2, 0.25) is 0 Å². The van der Waals surface area contributed by atoms with Crippen molar-refractivity contribution in [3.05, 3.63) is 63.9 Å². The van der Waals surface area contributed by atoms with E-state index in [1.165, 1.54) is 23.0 Å². The molecule has 1 aromatic carbocycles. The third-order valence-electron chi connectivity index (χ3n) is 3.50. The van der Waals surface area contributed by atoms with Crippen LogP contribution in [0.5, 0.6) is 0 Å². The molecule has 0 unspecified atom stereocenters. The van der Waals surface area contributed by atoms with Gasteiger partial charge in [0.05, 0.1) is 6.42 Å². The van der Waals surface area contributed by atoms with E-state index in [0.717, 1.165) is 10.4 Å². The summed E-state index contributed by atoms with van der Waals surface area (Å²) in [5.74, 6) is -0.137. The first-order valence-electron chi connectivity index (χ1n) is 8.14. The Labute approximate surface area is 162 Å². The third-order valence-corrected chi connectivity index (χ3v) is 4.58. The summed E-state index contributed by atoms with van der Waals surface area (Å²) in [4.78, 5) is 24.5. The van der Waals surface area contributed by atoms with E-state index < -0.39 is 0 Å². The van der Waals surface area contributed by atoms with Crippen LogP contribution in [0.3, 0.4) is 0 Å². The van der Waals surface area contributed by atoms with Crippen LogP contribution in [-0.4, -0.2) is 16.9 Å². The van der Waals surface area contributed by atoms with Gasteiger partial charge in [0.25, 0.3) is 0 Å². The summed E-state index contributed by atoms with van der Waals surface area (Å²) in [5.41, 5.74) is 7.14. The van der Waals surface area contributed by atoms with E-state index in [4.69, 9.17) is 12.2 Å². The molecule has 7 heteroatoms. The van der Waals surface area contributed by atoms with E-state index >= 15 is 0 Å². The van der Waals surface area contributed by atoms with E-state index in [2.05, 4.69) is 30.0 Å². The molecule has 3 N–H and O–H groups in total. The van der Waals surface area contributed by atoms with Gasteiger partial charge in [0.15, 0.2) is 5.11 Å². The average molecular weight is 388 g/mol. The second-order valence-corrected chi connectivity index (χ2v) is 7.34. The molecule has 5 nitrogen and oxygen atoms in total. The van der Waals surface area contributed by atoms with Crippen molar-refractivity contribution in [3.8, 4) is 0 Å². The van der Waals surface area contributed by atoms with Gasteiger partial charge in [0, 0.05) is 11.0 Å². The van der Waals surface area contributed by atoms with Crippen molar-refractivity contribution in [1.82, 2.24) is 16.2 Å². The van der Waals surface area contributed by atoms with Crippen molar-refractivity contribution < 1.29 is 9.59 Å². The van der Waals surface area contributed by atoms with Gasteiger partial charge in [0.2, 0.25) is 11.8 Å². The van der Waals surface area contributed by atoms with Gasteiger partial charge in [0.1, 0.15) is 0 Å². The molecule has 26 heavy (non-hydrogen) atoms. The van der Waals surface area contributed by atoms with E-state index in [-0.39, 0.29) is 23.3 Å². The lowest BCUT2D eigenvalue weighted by molar-refractivity contribution is -0.121. The van der Waals surface area contributed by atoms with Crippen LogP contribution in [0, 0.1) is 0 Å². The first kappa shape index (κ1) is 19.8. The predicted molar refractivity (Wildman–Crippen MR) is 110 cm³/mol. The molecule has 1 heterocycles. The Morgan fingerprint density at radius 2 is 1.88 bits per heavy atom. The lowest BCUT2D eigenvalue weighted by Crippen LogP contribution is -2.48. The van der Waals surface area contributed by atoms with Gasteiger partial charge in [-0.1, -0.05) is 44.2 Å². The van der Waals surface area contributed by atoms with Crippen molar-refractivity contribution >= 4 is 46.6 Å². The maximum absolute atomic E-state index is 11.9. The zero-order chi connectivity index (χ0) is 18.9. The van der Waals surface area contributed by atoms with Crippen molar-refractivity contribution in [2.45, 2.75) is 26.2 Å². The van der Waals surface area contributed by atoms with Crippen LogP contribution in [0.4, 0.5) is 0 Å². The van der Waals surface area contributed by atoms with Crippen molar-refractivity contribution in [2.75, 3.05) is 0 Å². The second kappa shape index (κ2) is 9.84. The van der Waals surface area contributed by atoms with E-state index in [9.17, 15) is 9.59 Å². The molecule has 1 aromatic heterocycles. The Morgan fingerprint density at radius 3 is 2.50 bits per heavy atom. The van der Waals surface area contributed by atoms with E-state index in [0.29, 0.717) is 5.92 Å². The Balaban J connectivity index is 1.74. The molecule has 0 spiro atoms. The van der Waals surface area contributed by atoms with E-state index in [1.807, 2.05) is 41.8 Å². The minimum Gasteiger partial charge on any atom is -0.298 e. The Bertz CT molecular complexity index is 782. The molecule has 2 amide bonds. The van der Waals surface area contributed by atoms with E-state index in [1.54, 1.807) is 6.08 Å². The van der Waals surface area contributed by atoms with Gasteiger partial charge in [-0.05, 0) is 46.8 Å². The fraction of sp³-hybridized carbons (Fsp3) is 0.211. The molecule has 0 bridgehead atoms. The summed E-state index contributed by atoms with van der Waals surface area (Å²) in [6, 6.07) is 11.8. The van der Waals surface area contributed by atoms with Crippen LogP contribution in [-0.2, 0) is 16.0 Å². The highest BCUT2D eigenvalue weighted by Gasteiger charge is 2.06. The molecular weight excluding hydrogens is 366 g/mol. The quantitative estimate of drug-likeness (QED) is 0.419. The van der Waals surface area contributed by atoms with Crippen LogP contribution < -0.4 is 16.2 Å². The average Bonchev–Trinajstić information content (AvgIpc) is 3.11. The van der Waals surface area contributed by atoms with Crippen LogP contribution in [0.15, 0.2) is 47.9 Å². The Morgan fingerprint density at radius 1 is 1.15 bits per heavy atom.